The topological polar surface area (TPSA) is 17.1 Å². The first-order valence-electron chi connectivity index (χ1n) is 5.17. The lowest BCUT2D eigenvalue weighted by Crippen LogP contribution is -2.13. The zero-order chi connectivity index (χ0) is 11.3. The van der Waals surface area contributed by atoms with E-state index in [-0.39, 0.29) is 18.0 Å². The van der Waals surface area contributed by atoms with Gasteiger partial charge in [-0.1, -0.05) is 12.8 Å². The minimum atomic E-state index is -4.20. The average Bonchev–Trinajstić information content (AvgIpc) is 2.62. The highest BCUT2D eigenvalue weighted by molar-refractivity contribution is 8.00. The fourth-order valence-electron chi connectivity index (χ4n) is 1.62. The van der Waals surface area contributed by atoms with Gasteiger partial charge in [-0.3, -0.25) is 4.79 Å². The zero-order valence-electron chi connectivity index (χ0n) is 8.48. The van der Waals surface area contributed by atoms with Crippen LogP contribution in [-0.2, 0) is 4.79 Å². The van der Waals surface area contributed by atoms with Crippen molar-refractivity contribution in [1.82, 2.24) is 0 Å². The third-order valence-electron chi connectivity index (χ3n) is 2.47. The predicted octanol–water partition coefficient (Wildman–Crippen LogP) is 3.57. The molecule has 1 rings (SSSR count). The molecular weight excluding hydrogens is 225 g/mol. The summed E-state index contributed by atoms with van der Waals surface area (Å²) in [6.07, 6.45) is -0.939. The van der Waals surface area contributed by atoms with E-state index < -0.39 is 12.6 Å². The summed E-state index contributed by atoms with van der Waals surface area (Å²) in [6, 6.07) is 0. The first-order chi connectivity index (χ1) is 6.97. The van der Waals surface area contributed by atoms with E-state index in [0.717, 1.165) is 12.8 Å². The van der Waals surface area contributed by atoms with E-state index in [1.165, 1.54) is 24.6 Å². The molecule has 0 bridgehead atoms. The van der Waals surface area contributed by atoms with Crippen molar-refractivity contribution in [2.24, 2.45) is 0 Å². The Labute approximate surface area is 91.8 Å². The number of thioether (sulfide) groups is 1. The third-order valence-corrected chi connectivity index (χ3v) is 3.90. The first kappa shape index (κ1) is 12.9. The maximum Gasteiger partial charge on any atom is 0.389 e. The van der Waals surface area contributed by atoms with E-state index >= 15 is 0 Å². The highest BCUT2D eigenvalue weighted by atomic mass is 32.2. The number of hydrogen-bond donors (Lipinski definition) is 0. The van der Waals surface area contributed by atoms with Crippen LogP contribution < -0.4 is 0 Å². The summed E-state index contributed by atoms with van der Waals surface area (Å²) in [6.45, 7) is 0. The molecule has 0 amide bonds. The molecule has 0 spiro atoms. The van der Waals surface area contributed by atoms with Gasteiger partial charge in [-0.15, -0.1) is 0 Å². The largest absolute Gasteiger partial charge is 0.389 e. The number of rotatable bonds is 5. The molecule has 0 unspecified atom stereocenters. The third kappa shape index (κ3) is 6.07. The van der Waals surface area contributed by atoms with Crippen LogP contribution in [0.4, 0.5) is 13.2 Å². The number of halogens is 3. The Kier molecular flexibility index (Phi) is 4.96. The molecule has 1 saturated carbocycles. The van der Waals surface area contributed by atoms with Gasteiger partial charge in [0.25, 0.3) is 0 Å². The van der Waals surface area contributed by atoms with Gasteiger partial charge in [-0.2, -0.15) is 24.9 Å². The predicted molar refractivity (Wildman–Crippen MR) is 55.0 cm³/mol. The van der Waals surface area contributed by atoms with Gasteiger partial charge >= 0.3 is 6.18 Å². The van der Waals surface area contributed by atoms with Crippen molar-refractivity contribution in [3.63, 3.8) is 0 Å². The molecule has 1 aliphatic carbocycles. The van der Waals surface area contributed by atoms with Crippen molar-refractivity contribution in [1.29, 1.82) is 0 Å². The molecular formula is C10H15F3OS. The van der Waals surface area contributed by atoms with Gasteiger partial charge in [0.1, 0.15) is 5.78 Å². The van der Waals surface area contributed by atoms with Gasteiger partial charge in [0.15, 0.2) is 0 Å². The van der Waals surface area contributed by atoms with Crippen LogP contribution in [0.25, 0.3) is 0 Å². The normalized spacial score (nSPS) is 18.3. The highest BCUT2D eigenvalue weighted by Crippen LogP contribution is 2.30. The molecule has 1 nitrogen and oxygen atoms in total. The molecule has 88 valence electrons. The highest BCUT2D eigenvalue weighted by Gasteiger charge is 2.28. The van der Waals surface area contributed by atoms with E-state index in [1.807, 2.05) is 0 Å². The van der Waals surface area contributed by atoms with Crippen LogP contribution in [0.15, 0.2) is 0 Å². The van der Waals surface area contributed by atoms with E-state index in [9.17, 15) is 18.0 Å². The van der Waals surface area contributed by atoms with Gasteiger partial charge in [-0.25, -0.2) is 0 Å². The molecule has 15 heavy (non-hydrogen) atoms. The Morgan fingerprint density at radius 3 is 2.40 bits per heavy atom. The van der Waals surface area contributed by atoms with Gasteiger partial charge in [0, 0.05) is 11.7 Å². The molecule has 1 fully saturated rings. The van der Waals surface area contributed by atoms with Crippen LogP contribution in [0.3, 0.4) is 0 Å². The summed E-state index contributed by atoms with van der Waals surface area (Å²) in [4.78, 5) is 11.1. The number of carbonyl (C=O) groups is 1. The number of ketones is 1. The maximum atomic E-state index is 11.8. The zero-order valence-corrected chi connectivity index (χ0v) is 9.29. The fourth-order valence-corrected chi connectivity index (χ4v) is 2.85. The minimum absolute atomic E-state index is 0.251. The van der Waals surface area contributed by atoms with Crippen molar-refractivity contribution < 1.29 is 18.0 Å². The molecule has 0 radical (unpaired) electrons. The Bertz CT molecular complexity index is 209. The van der Waals surface area contributed by atoms with Crippen molar-refractivity contribution in [3.05, 3.63) is 0 Å². The quantitative estimate of drug-likeness (QED) is 0.730. The number of alkyl halides is 3. The Morgan fingerprint density at radius 2 is 1.87 bits per heavy atom. The molecule has 0 atom stereocenters. The molecule has 0 heterocycles. The summed E-state index contributed by atoms with van der Waals surface area (Å²) in [5.74, 6) is -0.0231. The second-order valence-corrected chi connectivity index (χ2v) is 5.16. The molecule has 0 aromatic heterocycles. The van der Waals surface area contributed by atoms with Gasteiger partial charge in [-0.05, 0) is 12.8 Å². The standard InChI is InChI=1S/C10H15F3OS/c11-10(12,13)6-5-8(14)7-15-9-3-1-2-4-9/h9H,1-7H2. The summed E-state index contributed by atoms with van der Waals surface area (Å²) < 4.78 is 35.4. The van der Waals surface area contributed by atoms with Gasteiger partial charge < -0.3 is 0 Å². The number of Topliss-reactive ketones (excluding diaryl/α,β-unsaturated/α-hetero) is 1. The van der Waals surface area contributed by atoms with Crippen LogP contribution in [0.1, 0.15) is 38.5 Å². The van der Waals surface area contributed by atoms with Crippen molar-refractivity contribution in [2.45, 2.75) is 50.0 Å². The Hall–Kier alpha value is -0.190. The van der Waals surface area contributed by atoms with Crippen molar-refractivity contribution in [3.8, 4) is 0 Å². The molecule has 0 aromatic carbocycles. The summed E-state index contributed by atoms with van der Waals surface area (Å²) in [5.41, 5.74) is 0. The molecule has 1 aliphatic rings. The smallest absolute Gasteiger partial charge is 0.299 e. The van der Waals surface area contributed by atoms with Crippen LogP contribution >= 0.6 is 11.8 Å². The summed E-state index contributed by atoms with van der Waals surface area (Å²) in [7, 11) is 0. The molecule has 5 heteroatoms. The maximum absolute atomic E-state index is 11.8. The SMILES string of the molecule is O=C(CCC(F)(F)F)CSC1CCCC1. The average molecular weight is 240 g/mol. The molecule has 0 aromatic rings. The Morgan fingerprint density at radius 1 is 1.27 bits per heavy atom. The lowest BCUT2D eigenvalue weighted by atomic mass is 10.2. The monoisotopic (exact) mass is 240 g/mol. The molecule has 0 aliphatic heterocycles. The van der Waals surface area contributed by atoms with Crippen LogP contribution in [-0.4, -0.2) is 23.0 Å². The summed E-state index contributed by atoms with van der Waals surface area (Å²) >= 11 is 1.53. The van der Waals surface area contributed by atoms with Gasteiger partial charge in [0.05, 0.1) is 12.2 Å². The summed E-state index contributed by atoms with van der Waals surface area (Å²) in [5, 5.41) is 0.500. The van der Waals surface area contributed by atoms with Crippen LogP contribution in [0.5, 0.6) is 0 Å². The molecule has 0 N–H and O–H groups in total. The molecule has 0 saturated heterocycles. The van der Waals surface area contributed by atoms with Crippen molar-refractivity contribution >= 4 is 17.5 Å². The van der Waals surface area contributed by atoms with Crippen LogP contribution in [0, 0.1) is 0 Å². The lowest BCUT2D eigenvalue weighted by molar-refractivity contribution is -0.142. The minimum Gasteiger partial charge on any atom is -0.299 e. The second kappa shape index (κ2) is 5.77. The van der Waals surface area contributed by atoms with E-state index in [0.29, 0.717) is 5.25 Å². The van der Waals surface area contributed by atoms with E-state index in [4.69, 9.17) is 0 Å². The van der Waals surface area contributed by atoms with Crippen molar-refractivity contribution in [2.75, 3.05) is 5.75 Å². The number of hydrogen-bond acceptors (Lipinski definition) is 2. The lowest BCUT2D eigenvalue weighted by Gasteiger charge is -2.08. The van der Waals surface area contributed by atoms with E-state index in [2.05, 4.69) is 0 Å². The first-order valence-corrected chi connectivity index (χ1v) is 6.22. The van der Waals surface area contributed by atoms with Crippen LogP contribution in [0.2, 0.25) is 0 Å². The number of carbonyl (C=O) groups excluding carboxylic acids is 1. The Balaban J connectivity index is 2.08. The van der Waals surface area contributed by atoms with E-state index in [1.54, 1.807) is 0 Å². The second-order valence-electron chi connectivity index (χ2n) is 3.87. The fraction of sp³-hybridized carbons (Fsp3) is 0.900. The van der Waals surface area contributed by atoms with Gasteiger partial charge in [0.2, 0.25) is 0 Å².